The van der Waals surface area contributed by atoms with Crippen molar-refractivity contribution < 1.29 is 0 Å². The first kappa shape index (κ1) is 14.4. The molecule has 2 heterocycles. The fourth-order valence-corrected chi connectivity index (χ4v) is 2.89. The molecule has 118 valence electrons. The van der Waals surface area contributed by atoms with Gasteiger partial charge in [-0.1, -0.05) is 36.4 Å². The molecule has 4 aromatic rings. The predicted molar refractivity (Wildman–Crippen MR) is 97.5 cm³/mol. The van der Waals surface area contributed by atoms with E-state index in [1.807, 2.05) is 42.6 Å². The molecule has 0 aliphatic rings. The zero-order chi connectivity index (χ0) is 16.5. The lowest BCUT2D eigenvalue weighted by Gasteiger charge is -2.20. The third-order valence-electron chi connectivity index (χ3n) is 4.08. The van der Waals surface area contributed by atoms with Crippen LogP contribution < -0.4 is 4.90 Å². The van der Waals surface area contributed by atoms with Gasteiger partial charge >= 0.3 is 0 Å². The second-order valence-corrected chi connectivity index (χ2v) is 5.61. The first-order valence-corrected chi connectivity index (χ1v) is 7.83. The van der Waals surface area contributed by atoms with Crippen molar-refractivity contribution in [2.75, 3.05) is 11.9 Å². The standard InChI is InChI=1S/C19H17N5/c1-3-7-14-10-11-16-17(12-14)24-13-20-22-19(24)21-18(16)23(2)15-8-5-4-6-9-15/h3-13H,1-2H3. The van der Waals surface area contributed by atoms with Crippen molar-refractivity contribution in [1.29, 1.82) is 0 Å². The van der Waals surface area contributed by atoms with Crippen molar-refractivity contribution in [2.24, 2.45) is 0 Å². The highest BCUT2D eigenvalue weighted by molar-refractivity contribution is 5.94. The minimum absolute atomic E-state index is 0.595. The molecule has 0 aliphatic carbocycles. The zero-order valence-electron chi connectivity index (χ0n) is 13.6. The summed E-state index contributed by atoms with van der Waals surface area (Å²) in [7, 11) is 2.02. The highest BCUT2D eigenvalue weighted by Gasteiger charge is 2.14. The van der Waals surface area contributed by atoms with Crippen molar-refractivity contribution in [3.63, 3.8) is 0 Å². The first-order valence-electron chi connectivity index (χ1n) is 7.83. The van der Waals surface area contributed by atoms with E-state index >= 15 is 0 Å². The molecule has 0 bridgehead atoms. The van der Waals surface area contributed by atoms with Crippen LogP contribution in [0.15, 0.2) is 60.9 Å². The molecule has 0 radical (unpaired) electrons. The van der Waals surface area contributed by atoms with Crippen LogP contribution in [-0.4, -0.2) is 26.6 Å². The number of fused-ring (bicyclic) bond motifs is 3. The molecular weight excluding hydrogens is 298 g/mol. The Morgan fingerprint density at radius 3 is 2.71 bits per heavy atom. The van der Waals surface area contributed by atoms with Gasteiger partial charge < -0.3 is 4.90 Å². The number of nitrogens with zero attached hydrogens (tertiary/aromatic N) is 5. The van der Waals surface area contributed by atoms with Gasteiger partial charge in [0.1, 0.15) is 12.1 Å². The molecule has 0 unspecified atom stereocenters. The Labute approximate surface area is 139 Å². The molecule has 0 fully saturated rings. The topological polar surface area (TPSA) is 46.3 Å². The second kappa shape index (κ2) is 5.77. The predicted octanol–water partition coefficient (Wildman–Crippen LogP) is 4.08. The van der Waals surface area contributed by atoms with E-state index in [0.29, 0.717) is 5.78 Å². The van der Waals surface area contributed by atoms with Crippen LogP contribution >= 0.6 is 0 Å². The van der Waals surface area contributed by atoms with Crippen LogP contribution in [0.1, 0.15) is 12.5 Å². The van der Waals surface area contributed by atoms with Gasteiger partial charge in [0.15, 0.2) is 0 Å². The van der Waals surface area contributed by atoms with Crippen molar-refractivity contribution in [3.8, 4) is 0 Å². The number of allylic oxidation sites excluding steroid dienone is 1. The van der Waals surface area contributed by atoms with Gasteiger partial charge in [-0.05, 0) is 36.8 Å². The van der Waals surface area contributed by atoms with E-state index in [4.69, 9.17) is 4.98 Å². The number of aromatic nitrogens is 4. The molecule has 2 aromatic carbocycles. The van der Waals surface area contributed by atoms with Crippen LogP contribution in [0.3, 0.4) is 0 Å². The van der Waals surface area contributed by atoms with Crippen LogP contribution in [0.2, 0.25) is 0 Å². The van der Waals surface area contributed by atoms with Gasteiger partial charge in [0.2, 0.25) is 0 Å². The lowest BCUT2D eigenvalue weighted by atomic mass is 10.1. The van der Waals surface area contributed by atoms with E-state index < -0.39 is 0 Å². The monoisotopic (exact) mass is 315 g/mol. The lowest BCUT2D eigenvalue weighted by Crippen LogP contribution is -2.12. The summed E-state index contributed by atoms with van der Waals surface area (Å²) in [5.74, 6) is 1.46. The van der Waals surface area contributed by atoms with Crippen LogP contribution in [0.4, 0.5) is 11.5 Å². The largest absolute Gasteiger partial charge is 0.329 e. The number of benzene rings is 2. The molecule has 0 saturated heterocycles. The number of para-hydroxylation sites is 1. The number of hydrogen-bond donors (Lipinski definition) is 0. The summed E-state index contributed by atoms with van der Waals surface area (Å²) in [6, 6.07) is 16.5. The van der Waals surface area contributed by atoms with Gasteiger partial charge in [0.05, 0.1) is 5.52 Å². The normalized spacial score (nSPS) is 11.6. The molecule has 4 rings (SSSR count). The summed E-state index contributed by atoms with van der Waals surface area (Å²) >= 11 is 0. The summed E-state index contributed by atoms with van der Waals surface area (Å²) < 4.78 is 1.92. The van der Waals surface area contributed by atoms with Crippen molar-refractivity contribution >= 4 is 34.3 Å². The quantitative estimate of drug-likeness (QED) is 0.571. The maximum Gasteiger partial charge on any atom is 0.257 e. The Hall–Kier alpha value is -3.21. The molecule has 0 N–H and O–H groups in total. The van der Waals surface area contributed by atoms with Crippen LogP contribution in [0, 0.1) is 0 Å². The van der Waals surface area contributed by atoms with E-state index in [1.165, 1.54) is 0 Å². The molecule has 0 aliphatic heterocycles. The second-order valence-electron chi connectivity index (χ2n) is 5.61. The number of rotatable bonds is 3. The number of hydrogen-bond acceptors (Lipinski definition) is 4. The van der Waals surface area contributed by atoms with Crippen LogP contribution in [0.5, 0.6) is 0 Å². The summed E-state index contributed by atoms with van der Waals surface area (Å²) in [6.45, 7) is 2.01. The number of anilines is 2. The molecule has 24 heavy (non-hydrogen) atoms. The van der Waals surface area contributed by atoms with Crippen molar-refractivity contribution in [3.05, 3.63) is 66.5 Å². The molecule has 5 heteroatoms. The smallest absolute Gasteiger partial charge is 0.257 e. The highest BCUT2D eigenvalue weighted by atomic mass is 15.3. The van der Waals surface area contributed by atoms with E-state index in [9.17, 15) is 0 Å². The summed E-state index contributed by atoms with van der Waals surface area (Å²) in [4.78, 5) is 6.79. The Balaban J connectivity index is 2.00. The molecule has 0 spiro atoms. The third-order valence-corrected chi connectivity index (χ3v) is 4.08. The summed E-state index contributed by atoms with van der Waals surface area (Å²) in [5.41, 5.74) is 3.26. The van der Waals surface area contributed by atoms with Crippen LogP contribution in [0.25, 0.3) is 22.8 Å². The van der Waals surface area contributed by atoms with Gasteiger partial charge in [0, 0.05) is 18.1 Å². The lowest BCUT2D eigenvalue weighted by molar-refractivity contribution is 1.08. The Bertz CT molecular complexity index is 1030. The van der Waals surface area contributed by atoms with Gasteiger partial charge in [0.25, 0.3) is 5.78 Å². The average molecular weight is 315 g/mol. The Kier molecular flexibility index (Phi) is 3.46. The van der Waals surface area contributed by atoms with Gasteiger partial charge in [-0.3, -0.25) is 4.40 Å². The maximum absolute atomic E-state index is 4.71. The SMILES string of the molecule is CC=Cc1ccc2c(N(C)c3ccccc3)nc3nncn3c2c1. The molecule has 2 aromatic heterocycles. The first-order chi connectivity index (χ1) is 11.8. The van der Waals surface area contributed by atoms with Gasteiger partial charge in [-0.2, -0.15) is 4.98 Å². The Morgan fingerprint density at radius 1 is 1.08 bits per heavy atom. The zero-order valence-corrected chi connectivity index (χ0v) is 13.6. The minimum Gasteiger partial charge on any atom is -0.329 e. The fourth-order valence-electron chi connectivity index (χ4n) is 2.89. The summed E-state index contributed by atoms with van der Waals surface area (Å²) in [5, 5.41) is 9.21. The van der Waals surface area contributed by atoms with Crippen molar-refractivity contribution in [2.45, 2.75) is 6.92 Å². The highest BCUT2D eigenvalue weighted by Crippen LogP contribution is 2.30. The van der Waals surface area contributed by atoms with E-state index in [0.717, 1.165) is 28.0 Å². The molecule has 0 amide bonds. The average Bonchev–Trinajstić information content (AvgIpc) is 3.10. The van der Waals surface area contributed by atoms with E-state index in [1.54, 1.807) is 6.33 Å². The van der Waals surface area contributed by atoms with Gasteiger partial charge in [-0.15, -0.1) is 10.2 Å². The maximum atomic E-state index is 4.71. The van der Waals surface area contributed by atoms with Gasteiger partial charge in [-0.25, -0.2) is 0 Å². The molecular formula is C19H17N5. The fraction of sp³-hybridized carbons (Fsp3) is 0.105. The van der Waals surface area contributed by atoms with Crippen molar-refractivity contribution in [1.82, 2.24) is 19.6 Å². The van der Waals surface area contributed by atoms with Crippen LogP contribution in [-0.2, 0) is 0 Å². The molecule has 0 atom stereocenters. The summed E-state index contributed by atoms with van der Waals surface area (Å²) in [6.07, 6.45) is 5.82. The third kappa shape index (κ3) is 2.31. The van der Waals surface area contributed by atoms with E-state index in [2.05, 4.69) is 51.5 Å². The molecule has 5 nitrogen and oxygen atoms in total. The minimum atomic E-state index is 0.595. The Morgan fingerprint density at radius 2 is 1.92 bits per heavy atom. The van der Waals surface area contributed by atoms with E-state index in [-0.39, 0.29) is 0 Å². The molecule has 0 saturated carbocycles.